The van der Waals surface area contributed by atoms with E-state index in [1.165, 1.54) is 13.3 Å². The lowest BCUT2D eigenvalue weighted by atomic mass is 10.2. The molecular weight excluding hydrogens is 460 g/mol. The number of anilines is 2. The van der Waals surface area contributed by atoms with E-state index in [2.05, 4.69) is 15.8 Å². The van der Waals surface area contributed by atoms with Crippen LogP contribution in [0.4, 0.5) is 11.4 Å². The third kappa shape index (κ3) is 8.05. The van der Waals surface area contributed by atoms with Gasteiger partial charge in [0.25, 0.3) is 11.8 Å². The number of ether oxygens (including phenoxy) is 3. The second-order valence-corrected chi connectivity index (χ2v) is 8.09. The van der Waals surface area contributed by atoms with Crippen molar-refractivity contribution < 1.29 is 23.8 Å². The van der Waals surface area contributed by atoms with E-state index in [4.69, 9.17) is 14.2 Å². The van der Waals surface area contributed by atoms with E-state index in [-0.39, 0.29) is 19.1 Å². The van der Waals surface area contributed by atoms with Crippen molar-refractivity contribution in [2.24, 2.45) is 5.10 Å². The second-order valence-electron chi connectivity index (χ2n) is 8.09. The molecule has 0 aliphatic heterocycles. The lowest BCUT2D eigenvalue weighted by Crippen LogP contribution is -2.24. The normalized spacial score (nSPS) is 10.6. The van der Waals surface area contributed by atoms with E-state index in [1.807, 2.05) is 68.4 Å². The van der Waals surface area contributed by atoms with Crippen molar-refractivity contribution in [1.29, 1.82) is 0 Å². The standard InChI is InChI=1S/C27H30N4O5/c1-19-8-11-21(12-9-19)29-26(32)17-36-24-13-10-20(14-25(24)34-4)16-28-30-27(33)18-35-23-7-5-6-22(15-23)31(2)3/h5-16H,17-18H2,1-4H3,(H,29,32)(H,30,33)/b28-16-. The van der Waals surface area contributed by atoms with Crippen LogP contribution in [0.5, 0.6) is 17.2 Å². The first-order chi connectivity index (χ1) is 17.3. The number of nitrogens with zero attached hydrogens (tertiary/aromatic N) is 2. The second kappa shape index (κ2) is 12.8. The molecule has 0 atom stereocenters. The average molecular weight is 491 g/mol. The monoisotopic (exact) mass is 490 g/mol. The van der Waals surface area contributed by atoms with Gasteiger partial charge in [0.1, 0.15) is 5.75 Å². The van der Waals surface area contributed by atoms with Crippen LogP contribution in [-0.2, 0) is 9.59 Å². The number of hydrazone groups is 1. The van der Waals surface area contributed by atoms with Gasteiger partial charge in [-0.05, 0) is 55.0 Å². The molecule has 2 amide bonds. The first kappa shape index (κ1) is 26.1. The zero-order valence-electron chi connectivity index (χ0n) is 20.8. The number of amides is 2. The highest BCUT2D eigenvalue weighted by molar-refractivity contribution is 5.92. The number of benzene rings is 3. The summed E-state index contributed by atoms with van der Waals surface area (Å²) in [6, 6.07) is 20.0. The van der Waals surface area contributed by atoms with Crippen molar-refractivity contribution in [2.45, 2.75) is 6.92 Å². The highest BCUT2D eigenvalue weighted by Gasteiger charge is 2.09. The van der Waals surface area contributed by atoms with Gasteiger partial charge in [-0.3, -0.25) is 9.59 Å². The molecule has 0 bridgehead atoms. The van der Waals surface area contributed by atoms with E-state index in [0.29, 0.717) is 28.5 Å². The van der Waals surface area contributed by atoms with Crippen LogP contribution in [-0.4, -0.2) is 52.4 Å². The van der Waals surface area contributed by atoms with Gasteiger partial charge < -0.3 is 24.4 Å². The number of carbonyl (C=O) groups excluding carboxylic acids is 2. The molecule has 2 N–H and O–H groups in total. The molecule has 0 unspecified atom stereocenters. The van der Waals surface area contributed by atoms with Crippen molar-refractivity contribution in [2.75, 3.05) is 44.6 Å². The Morgan fingerprint density at radius 1 is 0.917 bits per heavy atom. The summed E-state index contributed by atoms with van der Waals surface area (Å²) < 4.78 is 16.5. The third-order valence-electron chi connectivity index (χ3n) is 4.99. The largest absolute Gasteiger partial charge is 0.493 e. The van der Waals surface area contributed by atoms with Crippen LogP contribution < -0.4 is 29.9 Å². The SMILES string of the molecule is COc1cc(/C=N\NC(=O)COc2cccc(N(C)C)c2)ccc1OCC(=O)Nc1ccc(C)cc1. The fourth-order valence-electron chi connectivity index (χ4n) is 3.07. The van der Waals surface area contributed by atoms with Crippen LogP contribution in [0.3, 0.4) is 0 Å². The van der Waals surface area contributed by atoms with Crippen LogP contribution in [0.25, 0.3) is 0 Å². The minimum atomic E-state index is -0.395. The predicted molar refractivity (Wildman–Crippen MR) is 140 cm³/mol. The Balaban J connectivity index is 1.48. The Morgan fingerprint density at radius 3 is 2.39 bits per heavy atom. The fraction of sp³-hybridized carbons (Fsp3) is 0.222. The maximum atomic E-state index is 12.2. The molecule has 9 heteroatoms. The molecule has 0 radical (unpaired) electrons. The van der Waals surface area contributed by atoms with E-state index >= 15 is 0 Å². The summed E-state index contributed by atoms with van der Waals surface area (Å²) >= 11 is 0. The summed E-state index contributed by atoms with van der Waals surface area (Å²) in [6.45, 7) is 1.63. The number of rotatable bonds is 11. The molecule has 0 aromatic heterocycles. The van der Waals surface area contributed by atoms with Crippen LogP contribution in [0.15, 0.2) is 71.8 Å². The topological polar surface area (TPSA) is 101 Å². The van der Waals surface area contributed by atoms with Crippen molar-refractivity contribution in [3.8, 4) is 17.2 Å². The first-order valence-electron chi connectivity index (χ1n) is 11.2. The first-order valence-corrected chi connectivity index (χ1v) is 11.2. The van der Waals surface area contributed by atoms with Gasteiger partial charge in [-0.2, -0.15) is 5.10 Å². The van der Waals surface area contributed by atoms with Crippen molar-refractivity contribution in [3.05, 3.63) is 77.9 Å². The molecular formula is C27H30N4O5. The van der Waals surface area contributed by atoms with Crippen LogP contribution in [0.1, 0.15) is 11.1 Å². The smallest absolute Gasteiger partial charge is 0.277 e. The molecule has 0 aliphatic rings. The van der Waals surface area contributed by atoms with Crippen molar-refractivity contribution in [3.63, 3.8) is 0 Å². The summed E-state index contributed by atoms with van der Waals surface area (Å²) in [6.07, 6.45) is 1.47. The minimum absolute atomic E-state index is 0.172. The Kier molecular flexibility index (Phi) is 9.27. The number of nitrogens with one attached hydrogen (secondary N) is 2. The Hall–Kier alpha value is -4.53. The molecule has 3 rings (SSSR count). The molecule has 0 aliphatic carbocycles. The van der Waals surface area contributed by atoms with Gasteiger partial charge in [0, 0.05) is 31.5 Å². The van der Waals surface area contributed by atoms with Gasteiger partial charge >= 0.3 is 0 Å². The van der Waals surface area contributed by atoms with E-state index in [1.54, 1.807) is 24.3 Å². The highest BCUT2D eigenvalue weighted by Crippen LogP contribution is 2.27. The average Bonchev–Trinajstić information content (AvgIpc) is 2.88. The van der Waals surface area contributed by atoms with Gasteiger partial charge in [-0.15, -0.1) is 0 Å². The van der Waals surface area contributed by atoms with Crippen molar-refractivity contribution in [1.82, 2.24) is 5.43 Å². The lowest BCUT2D eigenvalue weighted by Gasteiger charge is -2.13. The number of hydrogen-bond donors (Lipinski definition) is 2. The lowest BCUT2D eigenvalue weighted by molar-refractivity contribution is -0.123. The Labute approximate surface area is 210 Å². The van der Waals surface area contributed by atoms with Crippen LogP contribution in [0.2, 0.25) is 0 Å². The Bertz CT molecular complexity index is 1210. The fourth-order valence-corrected chi connectivity index (χ4v) is 3.07. The summed E-state index contributed by atoms with van der Waals surface area (Å²) in [4.78, 5) is 26.2. The molecule has 0 spiro atoms. The number of hydrogen-bond acceptors (Lipinski definition) is 7. The molecule has 188 valence electrons. The summed E-state index contributed by atoms with van der Waals surface area (Å²) in [5.41, 5.74) is 5.87. The van der Waals surface area contributed by atoms with Crippen LogP contribution >= 0.6 is 0 Å². The van der Waals surface area contributed by atoms with E-state index < -0.39 is 5.91 Å². The molecule has 3 aromatic carbocycles. The molecule has 0 saturated heterocycles. The Morgan fingerprint density at radius 2 is 1.67 bits per heavy atom. The predicted octanol–water partition coefficient (Wildman–Crippen LogP) is 3.62. The summed E-state index contributed by atoms with van der Waals surface area (Å²) in [5, 5.41) is 6.74. The van der Waals surface area contributed by atoms with Gasteiger partial charge in [-0.25, -0.2) is 5.43 Å². The minimum Gasteiger partial charge on any atom is -0.493 e. The van der Waals surface area contributed by atoms with Gasteiger partial charge in [0.2, 0.25) is 0 Å². The molecule has 0 saturated carbocycles. The number of aryl methyl sites for hydroxylation is 1. The number of carbonyl (C=O) groups is 2. The van der Waals surface area contributed by atoms with Crippen molar-refractivity contribution >= 4 is 29.4 Å². The molecule has 36 heavy (non-hydrogen) atoms. The molecule has 9 nitrogen and oxygen atoms in total. The highest BCUT2D eigenvalue weighted by atomic mass is 16.5. The quantitative estimate of drug-likeness (QED) is 0.315. The molecule has 0 heterocycles. The maximum Gasteiger partial charge on any atom is 0.277 e. The van der Waals surface area contributed by atoms with Gasteiger partial charge in [0.05, 0.1) is 13.3 Å². The van der Waals surface area contributed by atoms with Gasteiger partial charge in [-0.1, -0.05) is 23.8 Å². The third-order valence-corrected chi connectivity index (χ3v) is 4.99. The zero-order valence-corrected chi connectivity index (χ0v) is 20.8. The molecule has 3 aromatic rings. The molecule has 0 fully saturated rings. The van der Waals surface area contributed by atoms with Gasteiger partial charge in [0.15, 0.2) is 24.7 Å². The van der Waals surface area contributed by atoms with Crippen LogP contribution in [0, 0.1) is 6.92 Å². The number of methoxy groups -OCH3 is 1. The summed E-state index contributed by atoms with van der Waals surface area (Å²) in [5.74, 6) is 0.745. The zero-order chi connectivity index (χ0) is 25.9. The maximum absolute atomic E-state index is 12.2. The van der Waals surface area contributed by atoms with E-state index in [9.17, 15) is 9.59 Å². The summed E-state index contributed by atoms with van der Waals surface area (Å²) in [7, 11) is 5.36. The van der Waals surface area contributed by atoms with E-state index in [0.717, 1.165) is 11.3 Å².